The standard InChI is InChI=1S/C15H30N6O2/c1-4-9(2)12(14(23)19-3)20-13(22)11(16)10-5-7-21(8-6-10)15(17)18/h9-12H,4-8,16H2,1-3H3,(H3,17,18)(H,19,23)(H,20,22)/t9-,11?,12-/m0/s1. The maximum Gasteiger partial charge on any atom is 0.242 e. The molecule has 2 amide bonds. The molecule has 1 fully saturated rings. The van der Waals surface area contributed by atoms with Crippen molar-refractivity contribution in [2.75, 3.05) is 20.1 Å². The Morgan fingerprint density at radius 1 is 1.30 bits per heavy atom. The van der Waals surface area contributed by atoms with E-state index in [0.717, 1.165) is 6.42 Å². The quantitative estimate of drug-likeness (QED) is 0.321. The summed E-state index contributed by atoms with van der Waals surface area (Å²) in [6.45, 7) is 5.16. The minimum atomic E-state index is -0.652. The number of hydrogen-bond acceptors (Lipinski definition) is 4. The maximum atomic E-state index is 12.4. The smallest absolute Gasteiger partial charge is 0.242 e. The molecule has 7 N–H and O–H groups in total. The van der Waals surface area contributed by atoms with Crippen LogP contribution in [0.2, 0.25) is 0 Å². The number of amides is 2. The number of likely N-dealkylation sites (tertiary alicyclic amines) is 1. The number of guanidine groups is 1. The second kappa shape index (κ2) is 8.71. The van der Waals surface area contributed by atoms with Gasteiger partial charge in [0.25, 0.3) is 0 Å². The van der Waals surface area contributed by atoms with Crippen LogP contribution in [0.5, 0.6) is 0 Å². The molecule has 1 unspecified atom stereocenters. The summed E-state index contributed by atoms with van der Waals surface area (Å²) in [7, 11) is 1.56. The van der Waals surface area contributed by atoms with Crippen molar-refractivity contribution in [3.63, 3.8) is 0 Å². The van der Waals surface area contributed by atoms with Gasteiger partial charge < -0.3 is 27.0 Å². The van der Waals surface area contributed by atoms with E-state index in [2.05, 4.69) is 10.6 Å². The van der Waals surface area contributed by atoms with Crippen LogP contribution >= 0.6 is 0 Å². The van der Waals surface area contributed by atoms with Gasteiger partial charge in [-0.2, -0.15) is 0 Å². The zero-order chi connectivity index (χ0) is 17.6. The van der Waals surface area contributed by atoms with E-state index in [1.165, 1.54) is 0 Å². The highest BCUT2D eigenvalue weighted by Gasteiger charge is 2.32. The first-order valence-electron chi connectivity index (χ1n) is 8.18. The van der Waals surface area contributed by atoms with Crippen molar-refractivity contribution in [3.05, 3.63) is 0 Å². The zero-order valence-electron chi connectivity index (χ0n) is 14.3. The predicted octanol–water partition coefficient (Wildman–Crippen LogP) is -0.804. The summed E-state index contributed by atoms with van der Waals surface area (Å²) < 4.78 is 0. The third kappa shape index (κ3) is 5.09. The molecule has 0 bridgehead atoms. The van der Waals surface area contributed by atoms with Crippen LogP contribution in [-0.4, -0.2) is 54.9 Å². The Labute approximate surface area is 137 Å². The highest BCUT2D eigenvalue weighted by atomic mass is 16.2. The van der Waals surface area contributed by atoms with Gasteiger partial charge >= 0.3 is 0 Å². The molecule has 0 saturated carbocycles. The number of carbonyl (C=O) groups excluding carboxylic acids is 2. The first-order valence-corrected chi connectivity index (χ1v) is 8.18. The molecule has 0 aromatic carbocycles. The van der Waals surface area contributed by atoms with Crippen molar-refractivity contribution in [1.82, 2.24) is 15.5 Å². The molecule has 1 aliphatic rings. The molecule has 1 heterocycles. The lowest BCUT2D eigenvalue weighted by Gasteiger charge is -2.35. The van der Waals surface area contributed by atoms with Crippen LogP contribution in [0.3, 0.4) is 0 Å². The summed E-state index contributed by atoms with van der Waals surface area (Å²) in [6.07, 6.45) is 2.20. The zero-order valence-corrected chi connectivity index (χ0v) is 14.3. The molecule has 23 heavy (non-hydrogen) atoms. The van der Waals surface area contributed by atoms with E-state index in [0.29, 0.717) is 25.9 Å². The van der Waals surface area contributed by atoms with E-state index < -0.39 is 12.1 Å². The fourth-order valence-electron chi connectivity index (χ4n) is 2.82. The van der Waals surface area contributed by atoms with Gasteiger partial charge in [0.2, 0.25) is 11.8 Å². The Morgan fingerprint density at radius 2 is 1.87 bits per heavy atom. The van der Waals surface area contributed by atoms with Gasteiger partial charge in [0.05, 0.1) is 6.04 Å². The third-order valence-corrected chi connectivity index (χ3v) is 4.73. The lowest BCUT2D eigenvalue weighted by molar-refractivity contribution is -0.131. The minimum absolute atomic E-state index is 0.0330. The van der Waals surface area contributed by atoms with Crippen LogP contribution in [0.4, 0.5) is 0 Å². The fourth-order valence-corrected chi connectivity index (χ4v) is 2.82. The predicted molar refractivity (Wildman–Crippen MR) is 89.6 cm³/mol. The largest absolute Gasteiger partial charge is 0.370 e. The second-order valence-corrected chi connectivity index (χ2v) is 6.22. The average Bonchev–Trinajstić information content (AvgIpc) is 2.57. The van der Waals surface area contributed by atoms with E-state index in [4.69, 9.17) is 16.9 Å². The number of piperidine rings is 1. The molecule has 0 aliphatic carbocycles. The summed E-state index contributed by atoms with van der Waals surface area (Å²) in [4.78, 5) is 26.1. The van der Waals surface area contributed by atoms with Crippen molar-refractivity contribution >= 4 is 17.8 Å². The van der Waals surface area contributed by atoms with Crippen LogP contribution < -0.4 is 22.1 Å². The first kappa shape index (κ1) is 19.2. The molecule has 3 atom stereocenters. The number of nitrogens with one attached hydrogen (secondary N) is 3. The molecule has 1 saturated heterocycles. The van der Waals surface area contributed by atoms with Crippen LogP contribution in [0, 0.1) is 17.2 Å². The van der Waals surface area contributed by atoms with E-state index in [1.54, 1.807) is 11.9 Å². The van der Waals surface area contributed by atoms with Crippen LogP contribution in [-0.2, 0) is 9.59 Å². The van der Waals surface area contributed by atoms with Crippen molar-refractivity contribution in [2.45, 2.75) is 45.2 Å². The molecule has 8 nitrogen and oxygen atoms in total. The number of nitrogens with two attached hydrogens (primary N) is 2. The summed E-state index contributed by atoms with van der Waals surface area (Å²) >= 11 is 0. The van der Waals surface area contributed by atoms with Gasteiger partial charge in [-0.1, -0.05) is 20.3 Å². The molecule has 8 heteroatoms. The normalized spacial score (nSPS) is 19.6. The number of likely N-dealkylation sites (N-methyl/N-ethyl adjacent to an activating group) is 1. The molecular weight excluding hydrogens is 296 g/mol. The van der Waals surface area contributed by atoms with Gasteiger partial charge in [0.1, 0.15) is 6.04 Å². The van der Waals surface area contributed by atoms with Gasteiger partial charge in [0.15, 0.2) is 5.96 Å². The van der Waals surface area contributed by atoms with Gasteiger partial charge in [-0.05, 0) is 24.7 Å². The maximum absolute atomic E-state index is 12.4. The van der Waals surface area contributed by atoms with Crippen molar-refractivity contribution < 1.29 is 9.59 Å². The number of nitrogens with zero attached hydrogens (tertiary/aromatic N) is 1. The Bertz CT molecular complexity index is 434. The SMILES string of the molecule is CC[C@H](C)[C@H](NC(=O)C(N)C1CCN(C(=N)N)CC1)C(=O)NC. The van der Waals surface area contributed by atoms with Crippen molar-refractivity contribution in [1.29, 1.82) is 5.41 Å². The monoisotopic (exact) mass is 326 g/mol. The lowest BCUT2D eigenvalue weighted by Crippen LogP contribution is -2.56. The van der Waals surface area contributed by atoms with Crippen LogP contribution in [0.1, 0.15) is 33.1 Å². The molecule has 0 spiro atoms. The highest BCUT2D eigenvalue weighted by Crippen LogP contribution is 2.20. The summed E-state index contributed by atoms with van der Waals surface area (Å²) in [5.74, 6) is -0.372. The Morgan fingerprint density at radius 3 is 2.30 bits per heavy atom. The van der Waals surface area contributed by atoms with Gasteiger partial charge in [-0.15, -0.1) is 0 Å². The minimum Gasteiger partial charge on any atom is -0.370 e. The lowest BCUT2D eigenvalue weighted by atomic mass is 9.88. The van der Waals surface area contributed by atoms with E-state index in [-0.39, 0.29) is 29.6 Å². The molecule has 1 aliphatic heterocycles. The van der Waals surface area contributed by atoms with Gasteiger partial charge in [0, 0.05) is 20.1 Å². The van der Waals surface area contributed by atoms with Crippen LogP contribution in [0.15, 0.2) is 0 Å². The third-order valence-electron chi connectivity index (χ3n) is 4.73. The number of hydrogen-bond donors (Lipinski definition) is 5. The molecule has 0 aromatic heterocycles. The number of carbonyl (C=O) groups is 2. The summed E-state index contributed by atoms with van der Waals surface area (Å²) in [5, 5.41) is 12.8. The molecule has 0 aromatic rings. The highest BCUT2D eigenvalue weighted by molar-refractivity contribution is 5.89. The fraction of sp³-hybridized carbons (Fsp3) is 0.800. The van der Waals surface area contributed by atoms with Crippen LogP contribution in [0.25, 0.3) is 0 Å². The second-order valence-electron chi connectivity index (χ2n) is 6.22. The van der Waals surface area contributed by atoms with Gasteiger partial charge in [-0.3, -0.25) is 15.0 Å². The molecule has 1 rings (SSSR count). The Balaban J connectivity index is 2.62. The molecule has 132 valence electrons. The van der Waals surface area contributed by atoms with Crippen molar-refractivity contribution in [3.8, 4) is 0 Å². The molecule has 0 radical (unpaired) electrons. The van der Waals surface area contributed by atoms with E-state index >= 15 is 0 Å². The summed E-state index contributed by atoms with van der Waals surface area (Å²) in [5.41, 5.74) is 11.6. The van der Waals surface area contributed by atoms with E-state index in [1.807, 2.05) is 13.8 Å². The first-order chi connectivity index (χ1) is 10.8. The molecular formula is C15H30N6O2. The Hall–Kier alpha value is -1.83. The number of rotatable bonds is 6. The summed E-state index contributed by atoms with van der Waals surface area (Å²) in [6, 6.07) is -1.22. The topological polar surface area (TPSA) is 137 Å². The Kier molecular flexibility index (Phi) is 7.28. The van der Waals surface area contributed by atoms with Crippen molar-refractivity contribution in [2.24, 2.45) is 23.3 Å². The van der Waals surface area contributed by atoms with E-state index in [9.17, 15) is 9.59 Å². The average molecular weight is 326 g/mol. The van der Waals surface area contributed by atoms with Gasteiger partial charge in [-0.25, -0.2) is 0 Å².